The van der Waals surface area contributed by atoms with Gasteiger partial charge in [-0.1, -0.05) is 6.92 Å². The Morgan fingerprint density at radius 2 is 2.28 bits per heavy atom. The average Bonchev–Trinajstić information content (AvgIpc) is 2.35. The molecule has 0 saturated heterocycles. The number of hydrogen-bond acceptors (Lipinski definition) is 3. The molecular formula is C13H19FN2OS. The lowest BCUT2D eigenvalue weighted by Gasteiger charge is -2.13. The lowest BCUT2D eigenvalue weighted by atomic mass is 10.1. The second kappa shape index (κ2) is 7.38. The number of nitrogens with one attached hydrogen (secondary N) is 1. The van der Waals surface area contributed by atoms with Gasteiger partial charge in [0.1, 0.15) is 5.82 Å². The first-order valence-electron chi connectivity index (χ1n) is 5.94. The Kier molecular flexibility index (Phi) is 6.15. The molecule has 0 fully saturated rings. The molecule has 1 unspecified atom stereocenters. The molecule has 0 aliphatic rings. The summed E-state index contributed by atoms with van der Waals surface area (Å²) in [5, 5.41) is 3.23. The third kappa shape index (κ3) is 4.66. The quantitative estimate of drug-likeness (QED) is 0.798. The summed E-state index contributed by atoms with van der Waals surface area (Å²) in [6.07, 6.45) is 0. The van der Waals surface area contributed by atoms with Gasteiger partial charge in [0.25, 0.3) is 0 Å². The van der Waals surface area contributed by atoms with Crippen molar-refractivity contribution in [1.29, 1.82) is 0 Å². The minimum absolute atomic E-state index is 0.298. The molecule has 3 N–H and O–H groups in total. The zero-order chi connectivity index (χ0) is 13.5. The Balaban J connectivity index is 2.60. The number of benzene rings is 1. The van der Waals surface area contributed by atoms with Crippen molar-refractivity contribution in [2.45, 2.75) is 26.4 Å². The second-order valence-electron chi connectivity index (χ2n) is 4.11. The Bertz CT molecular complexity index is 412. The fraction of sp³-hybridized carbons (Fsp3) is 0.462. The number of rotatable bonds is 7. The van der Waals surface area contributed by atoms with E-state index < -0.39 is 5.91 Å². The number of primary amides is 1. The first-order valence-corrected chi connectivity index (χ1v) is 7.09. The van der Waals surface area contributed by atoms with Gasteiger partial charge in [0.05, 0.1) is 0 Å². The van der Waals surface area contributed by atoms with E-state index in [2.05, 4.69) is 19.2 Å². The van der Waals surface area contributed by atoms with E-state index >= 15 is 0 Å². The van der Waals surface area contributed by atoms with Gasteiger partial charge in [-0.25, -0.2) is 4.39 Å². The van der Waals surface area contributed by atoms with Gasteiger partial charge in [0.15, 0.2) is 0 Å². The first-order chi connectivity index (χ1) is 8.54. The van der Waals surface area contributed by atoms with Gasteiger partial charge >= 0.3 is 0 Å². The van der Waals surface area contributed by atoms with Crippen molar-refractivity contribution >= 4 is 17.7 Å². The molecule has 18 heavy (non-hydrogen) atoms. The highest BCUT2D eigenvalue weighted by Gasteiger charge is 2.08. The standard InChI is InChI=1S/C13H19FN2OS/c1-3-18-8-9(2)16-7-11-6-10(13(15)17)4-5-12(11)14/h4-6,9,16H,3,7-8H2,1-2H3,(H2,15,17). The van der Waals surface area contributed by atoms with Crippen molar-refractivity contribution in [3.05, 3.63) is 35.1 Å². The van der Waals surface area contributed by atoms with E-state index in [1.165, 1.54) is 18.2 Å². The SMILES string of the molecule is CCSCC(C)NCc1cc(C(N)=O)ccc1F. The van der Waals surface area contributed by atoms with Crippen LogP contribution in [0.1, 0.15) is 29.8 Å². The third-order valence-corrected chi connectivity index (χ3v) is 3.69. The van der Waals surface area contributed by atoms with Crippen molar-refractivity contribution in [1.82, 2.24) is 5.32 Å². The van der Waals surface area contributed by atoms with Crippen LogP contribution in [0.5, 0.6) is 0 Å². The van der Waals surface area contributed by atoms with Crippen LogP contribution >= 0.6 is 11.8 Å². The van der Waals surface area contributed by atoms with Gasteiger partial charge in [-0.05, 0) is 30.9 Å². The van der Waals surface area contributed by atoms with Crippen LogP contribution < -0.4 is 11.1 Å². The molecular weight excluding hydrogens is 251 g/mol. The summed E-state index contributed by atoms with van der Waals surface area (Å²) in [5.74, 6) is 1.19. The summed E-state index contributed by atoms with van der Waals surface area (Å²) < 4.78 is 13.5. The maximum absolute atomic E-state index is 13.5. The molecule has 0 aromatic heterocycles. The van der Waals surface area contributed by atoms with E-state index in [0.717, 1.165) is 11.5 Å². The number of amides is 1. The van der Waals surface area contributed by atoms with Gasteiger partial charge in [-0.15, -0.1) is 0 Å². The fourth-order valence-corrected chi connectivity index (χ4v) is 2.21. The van der Waals surface area contributed by atoms with E-state index in [0.29, 0.717) is 23.7 Å². The molecule has 1 aromatic rings. The lowest BCUT2D eigenvalue weighted by Crippen LogP contribution is -2.28. The van der Waals surface area contributed by atoms with Crippen molar-refractivity contribution in [2.75, 3.05) is 11.5 Å². The van der Waals surface area contributed by atoms with Crippen LogP contribution in [0.2, 0.25) is 0 Å². The van der Waals surface area contributed by atoms with Crippen molar-refractivity contribution in [3.63, 3.8) is 0 Å². The zero-order valence-corrected chi connectivity index (χ0v) is 11.5. The molecule has 0 saturated carbocycles. The van der Waals surface area contributed by atoms with Gasteiger partial charge in [0.2, 0.25) is 5.91 Å². The predicted octanol–water partition coefficient (Wildman–Crippen LogP) is 2.16. The smallest absolute Gasteiger partial charge is 0.248 e. The van der Waals surface area contributed by atoms with Crippen molar-refractivity contribution in [3.8, 4) is 0 Å². The van der Waals surface area contributed by atoms with E-state index in [9.17, 15) is 9.18 Å². The second-order valence-corrected chi connectivity index (χ2v) is 5.43. The molecule has 0 spiro atoms. The van der Waals surface area contributed by atoms with Crippen LogP contribution in [0, 0.1) is 5.82 Å². The summed E-state index contributed by atoms with van der Waals surface area (Å²) in [6, 6.07) is 4.48. The molecule has 1 aromatic carbocycles. The molecule has 1 rings (SSSR count). The van der Waals surface area contributed by atoms with Crippen LogP contribution in [0.25, 0.3) is 0 Å². The van der Waals surface area contributed by atoms with Crippen LogP contribution in [-0.2, 0) is 6.54 Å². The van der Waals surface area contributed by atoms with Gasteiger partial charge in [-0.3, -0.25) is 4.79 Å². The summed E-state index contributed by atoms with van der Waals surface area (Å²) in [4.78, 5) is 11.0. The molecule has 100 valence electrons. The number of nitrogens with two attached hydrogens (primary N) is 1. The molecule has 0 aliphatic heterocycles. The average molecular weight is 270 g/mol. The van der Waals surface area contributed by atoms with Crippen LogP contribution in [0.4, 0.5) is 4.39 Å². The molecule has 0 radical (unpaired) electrons. The number of carbonyl (C=O) groups excluding carboxylic acids is 1. The summed E-state index contributed by atoms with van der Waals surface area (Å²) >= 11 is 1.83. The van der Waals surface area contributed by atoms with Crippen molar-refractivity contribution in [2.24, 2.45) is 5.73 Å². The lowest BCUT2D eigenvalue weighted by molar-refractivity contribution is 0.1000. The van der Waals surface area contributed by atoms with E-state index in [1.54, 1.807) is 0 Å². The number of halogens is 1. The van der Waals surface area contributed by atoms with E-state index in [4.69, 9.17) is 5.73 Å². The number of hydrogen-bond donors (Lipinski definition) is 2. The van der Waals surface area contributed by atoms with Crippen LogP contribution in [0.3, 0.4) is 0 Å². The fourth-order valence-electron chi connectivity index (χ4n) is 1.50. The minimum Gasteiger partial charge on any atom is -0.366 e. The minimum atomic E-state index is -0.536. The monoisotopic (exact) mass is 270 g/mol. The zero-order valence-electron chi connectivity index (χ0n) is 10.7. The Morgan fingerprint density at radius 1 is 1.56 bits per heavy atom. The van der Waals surface area contributed by atoms with E-state index in [-0.39, 0.29) is 5.82 Å². The topological polar surface area (TPSA) is 55.1 Å². The summed E-state index contributed by atoms with van der Waals surface area (Å²) in [6.45, 7) is 4.56. The maximum atomic E-state index is 13.5. The van der Waals surface area contributed by atoms with Gasteiger partial charge < -0.3 is 11.1 Å². The largest absolute Gasteiger partial charge is 0.366 e. The predicted molar refractivity (Wildman–Crippen MR) is 74.2 cm³/mol. The Morgan fingerprint density at radius 3 is 2.89 bits per heavy atom. The van der Waals surface area contributed by atoms with Crippen LogP contribution in [0.15, 0.2) is 18.2 Å². The molecule has 1 amide bonds. The van der Waals surface area contributed by atoms with Crippen molar-refractivity contribution < 1.29 is 9.18 Å². The molecule has 1 atom stereocenters. The Hall–Kier alpha value is -1.07. The van der Waals surface area contributed by atoms with Gasteiger partial charge in [-0.2, -0.15) is 11.8 Å². The first kappa shape index (κ1) is 15.0. The van der Waals surface area contributed by atoms with E-state index in [1.807, 2.05) is 11.8 Å². The molecule has 3 nitrogen and oxygen atoms in total. The number of thioether (sulfide) groups is 1. The highest BCUT2D eigenvalue weighted by Crippen LogP contribution is 2.11. The third-order valence-electron chi connectivity index (χ3n) is 2.54. The van der Waals surface area contributed by atoms with Crippen LogP contribution in [-0.4, -0.2) is 23.5 Å². The molecule has 5 heteroatoms. The summed E-state index contributed by atoms with van der Waals surface area (Å²) in [7, 11) is 0. The maximum Gasteiger partial charge on any atom is 0.248 e. The van der Waals surface area contributed by atoms with Gasteiger partial charge in [0, 0.05) is 29.5 Å². The molecule has 0 aliphatic carbocycles. The normalized spacial score (nSPS) is 12.4. The Labute approximate surface area is 111 Å². The molecule has 0 bridgehead atoms. The summed E-state index contributed by atoms with van der Waals surface area (Å²) in [5.41, 5.74) is 5.98. The highest BCUT2D eigenvalue weighted by atomic mass is 32.2. The highest BCUT2D eigenvalue weighted by molar-refractivity contribution is 7.99. The molecule has 0 heterocycles. The number of carbonyl (C=O) groups is 1.